The lowest BCUT2D eigenvalue weighted by Crippen LogP contribution is -2.32. The molecule has 2 aromatic carbocycles. The highest BCUT2D eigenvalue weighted by molar-refractivity contribution is 5.90. The zero-order valence-corrected chi connectivity index (χ0v) is 17.5. The first-order chi connectivity index (χ1) is 14.5. The number of hydrogen-bond donors (Lipinski definition) is 2. The number of aryl methyl sites for hydroxylation is 3. The summed E-state index contributed by atoms with van der Waals surface area (Å²) >= 11 is 0. The summed E-state index contributed by atoms with van der Waals surface area (Å²) in [5.74, 6) is -0.00482. The van der Waals surface area contributed by atoms with Gasteiger partial charge in [-0.3, -0.25) is 4.98 Å². The van der Waals surface area contributed by atoms with E-state index in [1.807, 2.05) is 57.4 Å². The van der Waals surface area contributed by atoms with Crippen molar-refractivity contribution in [3.63, 3.8) is 0 Å². The van der Waals surface area contributed by atoms with Crippen LogP contribution < -0.4 is 10.6 Å². The molecule has 2 aromatic heterocycles. The minimum atomic E-state index is -0.214. The second-order valence-corrected chi connectivity index (χ2v) is 7.76. The summed E-state index contributed by atoms with van der Waals surface area (Å²) in [6, 6.07) is 18.1. The molecule has 152 valence electrons. The molecular formula is C25H26N4O. The number of urea groups is 1. The maximum Gasteiger partial charge on any atom is 0.319 e. The molecule has 0 bridgehead atoms. The van der Waals surface area contributed by atoms with Gasteiger partial charge in [-0.2, -0.15) is 0 Å². The average Bonchev–Trinajstić information content (AvgIpc) is 3.05. The monoisotopic (exact) mass is 398 g/mol. The van der Waals surface area contributed by atoms with Gasteiger partial charge in [0.05, 0.1) is 0 Å². The van der Waals surface area contributed by atoms with E-state index in [1.165, 1.54) is 16.5 Å². The molecule has 0 unspecified atom stereocenters. The molecule has 2 N–H and O–H groups in total. The zero-order chi connectivity index (χ0) is 21.1. The molecule has 2 heterocycles. The Morgan fingerprint density at radius 2 is 1.83 bits per heavy atom. The van der Waals surface area contributed by atoms with Crippen LogP contribution in [0.25, 0.3) is 10.9 Å². The van der Waals surface area contributed by atoms with Gasteiger partial charge in [0.1, 0.15) is 0 Å². The summed E-state index contributed by atoms with van der Waals surface area (Å²) in [4.78, 5) is 16.9. The molecular weight excluding hydrogens is 372 g/mol. The Kier molecular flexibility index (Phi) is 5.53. The van der Waals surface area contributed by atoms with Crippen molar-refractivity contribution in [2.24, 2.45) is 7.05 Å². The van der Waals surface area contributed by atoms with Gasteiger partial charge in [-0.25, -0.2) is 4.79 Å². The second-order valence-electron chi connectivity index (χ2n) is 7.76. The number of anilines is 1. The van der Waals surface area contributed by atoms with Gasteiger partial charge >= 0.3 is 6.03 Å². The molecule has 0 saturated heterocycles. The first-order valence-electron chi connectivity index (χ1n) is 10.1. The second kappa shape index (κ2) is 8.41. The molecule has 0 radical (unpaired) electrons. The quantitative estimate of drug-likeness (QED) is 0.489. The molecule has 0 fully saturated rings. The smallest absolute Gasteiger partial charge is 0.319 e. The van der Waals surface area contributed by atoms with E-state index >= 15 is 0 Å². The van der Waals surface area contributed by atoms with Crippen LogP contribution in [-0.4, -0.2) is 22.1 Å². The fourth-order valence-corrected chi connectivity index (χ4v) is 4.06. The predicted octanol–water partition coefficient (Wildman–Crippen LogP) is 5.14. The highest BCUT2D eigenvalue weighted by Crippen LogP contribution is 2.31. The average molecular weight is 399 g/mol. The number of hydrogen-bond acceptors (Lipinski definition) is 2. The van der Waals surface area contributed by atoms with Crippen molar-refractivity contribution in [3.05, 3.63) is 95.4 Å². The van der Waals surface area contributed by atoms with Crippen LogP contribution in [-0.2, 0) is 7.05 Å². The number of amides is 2. The third-order valence-electron chi connectivity index (χ3n) is 5.34. The zero-order valence-electron chi connectivity index (χ0n) is 17.5. The molecule has 0 spiro atoms. The Balaban J connectivity index is 1.59. The van der Waals surface area contributed by atoms with Crippen LogP contribution in [0, 0.1) is 13.8 Å². The molecule has 0 saturated carbocycles. The Labute approximate surface area is 176 Å². The number of nitrogens with zero attached hydrogens (tertiary/aromatic N) is 2. The van der Waals surface area contributed by atoms with Crippen molar-refractivity contribution in [1.29, 1.82) is 0 Å². The molecule has 4 rings (SSSR count). The Hall–Kier alpha value is -3.60. The number of benzene rings is 2. The van der Waals surface area contributed by atoms with E-state index in [1.54, 1.807) is 6.20 Å². The van der Waals surface area contributed by atoms with Crippen molar-refractivity contribution < 1.29 is 4.79 Å². The summed E-state index contributed by atoms with van der Waals surface area (Å²) < 4.78 is 2.13. The van der Waals surface area contributed by atoms with Crippen molar-refractivity contribution in [2.75, 3.05) is 11.9 Å². The van der Waals surface area contributed by atoms with Crippen LogP contribution in [0.5, 0.6) is 0 Å². The van der Waals surface area contributed by atoms with Crippen molar-refractivity contribution in [3.8, 4) is 0 Å². The highest BCUT2D eigenvalue weighted by Gasteiger charge is 2.20. The number of pyridine rings is 1. The molecule has 0 aliphatic rings. The first kappa shape index (κ1) is 19.7. The normalized spacial score (nSPS) is 12.0. The largest absolute Gasteiger partial charge is 0.350 e. The highest BCUT2D eigenvalue weighted by atomic mass is 16.2. The fourth-order valence-electron chi connectivity index (χ4n) is 4.06. The van der Waals surface area contributed by atoms with Crippen LogP contribution in [0.1, 0.15) is 28.2 Å². The standard InChI is InChI=1S/C25H26N4O/c1-17-11-18(2)13-20(12-17)28-25(30)27-15-22(19-7-6-10-26-14-19)23-16-29(3)24-9-5-4-8-21(23)24/h4-14,16,22H,15H2,1-3H3,(H2,27,28,30)/t22-/m1/s1. The van der Waals surface area contributed by atoms with Crippen LogP contribution >= 0.6 is 0 Å². The molecule has 0 aliphatic carbocycles. The Bertz CT molecular complexity index is 1160. The van der Waals surface area contributed by atoms with Crippen LogP contribution in [0.4, 0.5) is 10.5 Å². The van der Waals surface area contributed by atoms with E-state index in [9.17, 15) is 4.79 Å². The first-order valence-corrected chi connectivity index (χ1v) is 10.1. The number of para-hydroxylation sites is 1. The molecule has 4 aromatic rings. The molecule has 1 atom stereocenters. The maximum absolute atomic E-state index is 12.6. The van der Waals surface area contributed by atoms with Crippen molar-refractivity contribution in [2.45, 2.75) is 19.8 Å². The van der Waals surface area contributed by atoms with Crippen LogP contribution in [0.2, 0.25) is 0 Å². The fraction of sp³-hybridized carbons (Fsp3) is 0.200. The minimum Gasteiger partial charge on any atom is -0.350 e. The van der Waals surface area contributed by atoms with E-state index < -0.39 is 0 Å². The van der Waals surface area contributed by atoms with Gasteiger partial charge in [-0.1, -0.05) is 30.3 Å². The molecule has 5 nitrogen and oxygen atoms in total. The van der Waals surface area contributed by atoms with Crippen molar-refractivity contribution in [1.82, 2.24) is 14.9 Å². The number of carbonyl (C=O) groups is 1. The van der Waals surface area contributed by atoms with Gasteiger partial charge in [0.25, 0.3) is 0 Å². The summed E-state index contributed by atoms with van der Waals surface area (Å²) in [7, 11) is 2.05. The number of carbonyl (C=O) groups excluding carboxylic acids is 1. The molecule has 5 heteroatoms. The maximum atomic E-state index is 12.6. The lowest BCUT2D eigenvalue weighted by Gasteiger charge is -2.18. The number of aromatic nitrogens is 2. The molecule has 0 aliphatic heterocycles. The van der Waals surface area contributed by atoms with Gasteiger partial charge in [-0.05, 0) is 60.4 Å². The number of fused-ring (bicyclic) bond motifs is 1. The van der Waals surface area contributed by atoms with E-state index in [-0.39, 0.29) is 11.9 Å². The summed E-state index contributed by atoms with van der Waals surface area (Å²) in [6.07, 6.45) is 5.78. The predicted molar refractivity (Wildman–Crippen MR) is 122 cm³/mol. The third-order valence-corrected chi connectivity index (χ3v) is 5.34. The van der Waals surface area contributed by atoms with Crippen LogP contribution in [0.3, 0.4) is 0 Å². The van der Waals surface area contributed by atoms with E-state index in [0.717, 1.165) is 22.4 Å². The summed E-state index contributed by atoms with van der Waals surface area (Å²) in [5.41, 5.74) is 6.45. The van der Waals surface area contributed by atoms with Gasteiger partial charge in [0.2, 0.25) is 0 Å². The van der Waals surface area contributed by atoms with Gasteiger partial charge in [0.15, 0.2) is 0 Å². The minimum absolute atomic E-state index is 0.00482. The Morgan fingerprint density at radius 1 is 1.07 bits per heavy atom. The molecule has 2 amide bonds. The third kappa shape index (κ3) is 4.20. The van der Waals surface area contributed by atoms with Gasteiger partial charge in [0, 0.05) is 54.7 Å². The summed E-state index contributed by atoms with van der Waals surface area (Å²) in [6.45, 7) is 4.51. The SMILES string of the molecule is Cc1cc(C)cc(NC(=O)NC[C@H](c2cccnc2)c2cn(C)c3ccccc23)c1. The van der Waals surface area contributed by atoms with Crippen LogP contribution in [0.15, 0.2) is 73.2 Å². The van der Waals surface area contributed by atoms with Crippen molar-refractivity contribution >= 4 is 22.6 Å². The number of rotatable bonds is 5. The molecule has 30 heavy (non-hydrogen) atoms. The van der Waals surface area contributed by atoms with Gasteiger partial charge < -0.3 is 15.2 Å². The summed E-state index contributed by atoms with van der Waals surface area (Å²) in [5, 5.41) is 7.19. The topological polar surface area (TPSA) is 59.0 Å². The Morgan fingerprint density at radius 3 is 2.57 bits per heavy atom. The van der Waals surface area contributed by atoms with E-state index in [2.05, 4.69) is 50.6 Å². The van der Waals surface area contributed by atoms with E-state index in [4.69, 9.17) is 0 Å². The number of nitrogens with one attached hydrogen (secondary N) is 2. The lowest BCUT2D eigenvalue weighted by molar-refractivity contribution is 0.252. The van der Waals surface area contributed by atoms with E-state index in [0.29, 0.717) is 6.54 Å². The lowest BCUT2D eigenvalue weighted by atomic mass is 9.92. The van der Waals surface area contributed by atoms with Gasteiger partial charge in [-0.15, -0.1) is 0 Å².